The van der Waals surface area contributed by atoms with Crippen LogP contribution in [0.3, 0.4) is 0 Å². The second-order valence-corrected chi connectivity index (χ2v) is 8.33. The Hall–Kier alpha value is -4.66. The first-order chi connectivity index (χ1) is 18.4. The molecule has 0 spiro atoms. The van der Waals surface area contributed by atoms with Crippen LogP contribution in [0.1, 0.15) is 44.9 Å². The minimum Gasteiger partial charge on any atom is -0.497 e. The summed E-state index contributed by atoms with van der Waals surface area (Å²) in [5, 5.41) is 1.55. The quantitative estimate of drug-likeness (QED) is 0.208. The molecular weight excluding hydrogens is 490 g/mol. The zero-order chi connectivity index (χ0) is 27.2. The Morgan fingerprint density at radius 1 is 0.684 bits per heavy atom. The van der Waals surface area contributed by atoms with Crippen LogP contribution in [0.5, 0.6) is 5.75 Å². The van der Waals surface area contributed by atoms with E-state index in [0.717, 1.165) is 21.8 Å². The largest absolute Gasteiger partial charge is 0.508 e. The van der Waals surface area contributed by atoms with Gasteiger partial charge in [0.2, 0.25) is 0 Å². The normalized spacial score (nSPS) is 10.8. The zero-order valence-corrected chi connectivity index (χ0v) is 21.3. The van der Waals surface area contributed by atoms with Crippen molar-refractivity contribution in [1.82, 2.24) is 4.57 Å². The van der Waals surface area contributed by atoms with Crippen LogP contribution in [-0.2, 0) is 20.8 Å². The van der Waals surface area contributed by atoms with E-state index in [4.69, 9.17) is 18.9 Å². The maximum Gasteiger partial charge on any atom is 0.508 e. The van der Waals surface area contributed by atoms with Crippen LogP contribution >= 0.6 is 0 Å². The average molecular weight is 518 g/mol. The molecule has 0 radical (unpaired) electrons. The van der Waals surface area contributed by atoms with Crippen molar-refractivity contribution in [3.05, 3.63) is 77.4 Å². The summed E-state index contributed by atoms with van der Waals surface area (Å²) >= 11 is 0. The third-order valence-electron chi connectivity index (χ3n) is 6.07. The lowest BCUT2D eigenvalue weighted by Crippen LogP contribution is -2.15. The fourth-order valence-corrected chi connectivity index (χ4v) is 4.18. The van der Waals surface area contributed by atoms with Gasteiger partial charge in [0.25, 0.3) is 0 Å². The Labute approximate surface area is 218 Å². The van der Waals surface area contributed by atoms with E-state index in [2.05, 4.69) is 4.57 Å². The van der Waals surface area contributed by atoms with Crippen molar-refractivity contribution in [1.29, 1.82) is 0 Å². The molecule has 0 saturated carbocycles. The number of ether oxygens (including phenoxy) is 4. The van der Waals surface area contributed by atoms with Crippen molar-refractivity contribution in [2.24, 2.45) is 0 Å². The number of carbonyl (C=O) groups excluding carboxylic acids is 4. The maximum absolute atomic E-state index is 12.9. The molecular formula is C29H27NO8. The molecule has 0 amide bonds. The lowest BCUT2D eigenvalue weighted by molar-refractivity contribution is 0.0474. The molecule has 196 valence electrons. The Bertz CT molecular complexity index is 1520. The fraction of sp³-hybridized carbons (Fsp3) is 0.241. The summed E-state index contributed by atoms with van der Waals surface area (Å²) in [7, 11) is 1.53. The number of nitrogens with zero attached hydrogens (tertiary/aromatic N) is 1. The zero-order valence-electron chi connectivity index (χ0n) is 21.3. The highest BCUT2D eigenvalue weighted by atomic mass is 16.7. The van der Waals surface area contributed by atoms with Crippen molar-refractivity contribution in [2.75, 3.05) is 26.9 Å². The Kier molecular flexibility index (Phi) is 8.06. The first kappa shape index (κ1) is 26.4. The van der Waals surface area contributed by atoms with Crippen molar-refractivity contribution in [3.63, 3.8) is 0 Å². The average Bonchev–Trinajstić information content (AvgIpc) is 3.26. The minimum absolute atomic E-state index is 0.150. The summed E-state index contributed by atoms with van der Waals surface area (Å²) in [6.07, 6.45) is -0.902. The van der Waals surface area contributed by atoms with Gasteiger partial charge >= 0.3 is 12.1 Å². The van der Waals surface area contributed by atoms with Crippen LogP contribution < -0.4 is 4.74 Å². The van der Waals surface area contributed by atoms with E-state index >= 15 is 0 Å². The predicted molar refractivity (Wildman–Crippen MR) is 140 cm³/mol. The number of ketones is 2. The first-order valence-corrected chi connectivity index (χ1v) is 12.1. The molecule has 3 aromatic carbocycles. The molecule has 0 unspecified atom stereocenters. The third kappa shape index (κ3) is 5.51. The van der Waals surface area contributed by atoms with Crippen LogP contribution in [0.4, 0.5) is 4.79 Å². The third-order valence-corrected chi connectivity index (χ3v) is 6.07. The van der Waals surface area contributed by atoms with Gasteiger partial charge in [0.1, 0.15) is 5.75 Å². The highest BCUT2D eigenvalue weighted by molar-refractivity contribution is 6.13. The van der Waals surface area contributed by atoms with E-state index in [1.54, 1.807) is 55.5 Å². The van der Waals surface area contributed by atoms with Gasteiger partial charge in [-0.3, -0.25) is 9.59 Å². The van der Waals surface area contributed by atoms with Crippen LogP contribution in [0.25, 0.3) is 21.8 Å². The molecule has 0 atom stereocenters. The molecule has 1 aromatic heterocycles. The maximum atomic E-state index is 12.9. The molecule has 1 heterocycles. The minimum atomic E-state index is -0.902. The van der Waals surface area contributed by atoms with Crippen LogP contribution in [0, 0.1) is 0 Å². The molecule has 9 heteroatoms. The highest BCUT2D eigenvalue weighted by Gasteiger charge is 2.18. The monoisotopic (exact) mass is 517 g/mol. The number of rotatable bonds is 10. The van der Waals surface area contributed by atoms with E-state index in [1.165, 1.54) is 7.11 Å². The summed E-state index contributed by atoms with van der Waals surface area (Å²) in [6.45, 7) is 3.61. The molecule has 9 nitrogen and oxygen atoms in total. The number of carbonyl (C=O) groups is 4. The smallest absolute Gasteiger partial charge is 0.497 e. The molecule has 0 N–H and O–H groups in total. The number of fused-ring (bicyclic) bond motifs is 3. The predicted octanol–water partition coefficient (Wildman–Crippen LogP) is 5.22. The van der Waals surface area contributed by atoms with Gasteiger partial charge in [0, 0.05) is 39.5 Å². The van der Waals surface area contributed by atoms with Crippen molar-refractivity contribution >= 4 is 45.5 Å². The van der Waals surface area contributed by atoms with Gasteiger partial charge in [-0.2, -0.15) is 0 Å². The number of Topliss-reactive ketones (excluding diaryl/α,β-unsaturated/α-hetero) is 2. The summed E-state index contributed by atoms with van der Waals surface area (Å²) in [5.74, 6) is -0.748. The molecule has 38 heavy (non-hydrogen) atoms. The van der Waals surface area contributed by atoms with Crippen LogP contribution in [-0.4, -0.2) is 55.2 Å². The van der Waals surface area contributed by atoms with Gasteiger partial charge in [-0.25, -0.2) is 9.59 Å². The molecule has 0 bridgehead atoms. The molecule has 4 aromatic rings. The molecule has 0 aliphatic heterocycles. The van der Waals surface area contributed by atoms with Crippen LogP contribution in [0.15, 0.2) is 60.7 Å². The number of methoxy groups -OCH3 is 1. The Morgan fingerprint density at radius 2 is 1.21 bits per heavy atom. The van der Waals surface area contributed by atoms with E-state index in [1.807, 2.05) is 19.1 Å². The van der Waals surface area contributed by atoms with E-state index in [9.17, 15) is 19.2 Å². The number of benzene rings is 3. The highest BCUT2D eigenvalue weighted by Crippen LogP contribution is 2.31. The van der Waals surface area contributed by atoms with Gasteiger partial charge in [0.05, 0.1) is 19.3 Å². The van der Waals surface area contributed by atoms with Crippen molar-refractivity contribution < 1.29 is 38.1 Å². The number of hydrogen-bond acceptors (Lipinski definition) is 8. The van der Waals surface area contributed by atoms with Crippen molar-refractivity contribution in [3.8, 4) is 5.75 Å². The number of aryl methyl sites for hydroxylation is 1. The van der Waals surface area contributed by atoms with Crippen molar-refractivity contribution in [2.45, 2.75) is 20.4 Å². The van der Waals surface area contributed by atoms with E-state index < -0.39 is 25.3 Å². The number of hydrogen-bond donors (Lipinski definition) is 0. The number of esters is 1. The second kappa shape index (κ2) is 11.6. The topological polar surface area (TPSA) is 110 Å². The van der Waals surface area contributed by atoms with Gasteiger partial charge in [-0.15, -0.1) is 0 Å². The SMILES string of the molecule is CCOC(=O)OCC(=O)c1ccc2c(c1)c1cc(C(=O)COC(=O)c3ccc(OC)cc3)ccc1n2CC. The molecule has 0 aliphatic carbocycles. The molecule has 0 fully saturated rings. The standard InChI is InChI=1S/C29H27NO8/c1-4-30-24-12-8-19(26(31)16-37-28(33)18-6-10-21(35-3)11-7-18)14-22(24)23-15-20(9-13-25(23)30)27(32)17-38-29(34)36-5-2/h6-15H,4-5,16-17H2,1-3H3. The lowest BCUT2D eigenvalue weighted by Gasteiger charge is -2.06. The van der Waals surface area contributed by atoms with E-state index in [0.29, 0.717) is 29.0 Å². The number of aromatic nitrogens is 1. The summed E-state index contributed by atoms with van der Waals surface area (Å²) < 4.78 is 21.9. The van der Waals surface area contributed by atoms with Crippen LogP contribution in [0.2, 0.25) is 0 Å². The summed E-state index contributed by atoms with van der Waals surface area (Å²) in [4.78, 5) is 49.3. The Balaban J connectivity index is 1.57. The molecule has 4 rings (SSSR count). The Morgan fingerprint density at radius 3 is 1.71 bits per heavy atom. The first-order valence-electron chi connectivity index (χ1n) is 12.1. The van der Waals surface area contributed by atoms with Gasteiger partial charge < -0.3 is 23.5 Å². The second-order valence-electron chi connectivity index (χ2n) is 8.33. The molecule has 0 aliphatic rings. The summed E-state index contributed by atoms with van der Waals surface area (Å²) in [5.41, 5.74) is 2.83. The lowest BCUT2D eigenvalue weighted by atomic mass is 10.0. The van der Waals surface area contributed by atoms with Gasteiger partial charge in [0.15, 0.2) is 24.8 Å². The van der Waals surface area contributed by atoms with Gasteiger partial charge in [-0.1, -0.05) is 0 Å². The van der Waals surface area contributed by atoms with E-state index in [-0.39, 0.29) is 18.2 Å². The fourth-order valence-electron chi connectivity index (χ4n) is 4.18. The summed E-state index contributed by atoms with van der Waals surface area (Å²) in [6, 6.07) is 16.9. The van der Waals surface area contributed by atoms with Gasteiger partial charge in [-0.05, 0) is 74.5 Å². The molecule has 0 saturated heterocycles.